The zero-order valence-electron chi connectivity index (χ0n) is 21.2. The largest absolute Gasteiger partial charge is 0.506 e. The molecule has 2 N–H and O–H groups in total. The van der Waals surface area contributed by atoms with E-state index in [0.29, 0.717) is 5.56 Å². The van der Waals surface area contributed by atoms with Crippen molar-refractivity contribution in [3.05, 3.63) is 69.0 Å². The number of amides is 1. The van der Waals surface area contributed by atoms with E-state index < -0.39 is 58.7 Å². The Morgan fingerprint density at radius 1 is 1.21 bits per heavy atom. The molecule has 0 spiro atoms. The van der Waals surface area contributed by atoms with Crippen molar-refractivity contribution in [3.63, 3.8) is 0 Å². The van der Waals surface area contributed by atoms with Gasteiger partial charge >= 0.3 is 12.1 Å². The van der Waals surface area contributed by atoms with Gasteiger partial charge in [0.15, 0.2) is 0 Å². The van der Waals surface area contributed by atoms with Crippen molar-refractivity contribution in [3.8, 4) is 17.6 Å². The van der Waals surface area contributed by atoms with Gasteiger partial charge in [0.05, 0.1) is 28.8 Å². The summed E-state index contributed by atoms with van der Waals surface area (Å²) in [7, 11) is 0. The molecule has 2 heterocycles. The van der Waals surface area contributed by atoms with Crippen molar-refractivity contribution in [1.29, 1.82) is 5.26 Å². The number of halogens is 3. The Bertz CT molecular complexity index is 1560. The summed E-state index contributed by atoms with van der Waals surface area (Å²) < 4.78 is 51.1. The number of hydrogen-bond acceptors (Lipinski definition) is 7. The molecule has 1 aliphatic rings. The van der Waals surface area contributed by atoms with Gasteiger partial charge in [-0.1, -0.05) is 12.1 Å². The van der Waals surface area contributed by atoms with Gasteiger partial charge in [-0.05, 0) is 51.0 Å². The van der Waals surface area contributed by atoms with Crippen molar-refractivity contribution in [2.24, 2.45) is 0 Å². The fourth-order valence-electron chi connectivity index (χ4n) is 4.35. The maximum absolute atomic E-state index is 13.6. The highest BCUT2D eigenvalue weighted by Crippen LogP contribution is 2.39. The van der Waals surface area contributed by atoms with E-state index in [1.807, 2.05) is 6.07 Å². The molecule has 39 heavy (non-hydrogen) atoms. The van der Waals surface area contributed by atoms with E-state index in [4.69, 9.17) is 9.47 Å². The van der Waals surface area contributed by atoms with Gasteiger partial charge in [0, 0.05) is 11.5 Å². The molecule has 1 aromatic heterocycles. The highest BCUT2D eigenvalue weighted by atomic mass is 19.4. The minimum atomic E-state index is -4.51. The Morgan fingerprint density at radius 2 is 1.87 bits per heavy atom. The standard InChI is InChI=1S/C27H24F3N3O6/c1-26(2,3)39-20(34)12-32-24(36)21-23(35)18-9-15(11-31)10-19-22(18)33(25(21)37)17(13-38-19)8-14-4-6-16(7-5-14)27(28,29)30/h4-7,9-10,17,35H,8,12-13H2,1-3H3,(H,32,36). The summed E-state index contributed by atoms with van der Waals surface area (Å²) >= 11 is 0. The zero-order chi connectivity index (χ0) is 28.7. The quantitative estimate of drug-likeness (QED) is 0.468. The average Bonchev–Trinajstić information content (AvgIpc) is 2.85. The second kappa shape index (κ2) is 9.98. The molecule has 3 aromatic rings. The van der Waals surface area contributed by atoms with E-state index in [0.717, 1.165) is 12.1 Å². The van der Waals surface area contributed by atoms with Gasteiger partial charge < -0.3 is 19.9 Å². The third-order valence-corrected chi connectivity index (χ3v) is 5.96. The molecular formula is C27H24F3N3O6. The number of nitriles is 1. The molecule has 2 aromatic carbocycles. The first-order chi connectivity index (χ1) is 18.2. The summed E-state index contributed by atoms with van der Waals surface area (Å²) in [6.45, 7) is 4.25. The smallest absolute Gasteiger partial charge is 0.416 e. The fourth-order valence-corrected chi connectivity index (χ4v) is 4.35. The maximum atomic E-state index is 13.6. The van der Waals surface area contributed by atoms with E-state index in [1.54, 1.807) is 20.8 Å². The van der Waals surface area contributed by atoms with Crippen molar-refractivity contribution in [2.45, 2.75) is 45.0 Å². The topological polar surface area (TPSA) is 131 Å². The number of nitrogens with zero attached hydrogens (tertiary/aromatic N) is 2. The number of nitrogens with one attached hydrogen (secondary N) is 1. The van der Waals surface area contributed by atoms with Crippen LogP contribution in [-0.2, 0) is 22.1 Å². The lowest BCUT2D eigenvalue weighted by atomic mass is 9.99. The van der Waals surface area contributed by atoms with Crippen LogP contribution in [0.25, 0.3) is 10.9 Å². The summed E-state index contributed by atoms with van der Waals surface area (Å²) in [6.07, 6.45) is -4.44. The Labute approximate surface area is 220 Å². The van der Waals surface area contributed by atoms with Gasteiger partial charge in [0.2, 0.25) is 0 Å². The Morgan fingerprint density at radius 3 is 2.46 bits per heavy atom. The van der Waals surface area contributed by atoms with Gasteiger partial charge in [0.1, 0.15) is 35.8 Å². The lowest BCUT2D eigenvalue weighted by Gasteiger charge is -2.29. The third kappa shape index (κ3) is 5.67. The second-order valence-electron chi connectivity index (χ2n) is 10.0. The summed E-state index contributed by atoms with van der Waals surface area (Å²) in [5.41, 5.74) is -2.50. The summed E-state index contributed by atoms with van der Waals surface area (Å²) in [5, 5.41) is 22.7. The van der Waals surface area contributed by atoms with Crippen LogP contribution in [0.1, 0.15) is 53.9 Å². The molecule has 0 bridgehead atoms. The van der Waals surface area contributed by atoms with Gasteiger partial charge in [-0.25, -0.2) is 0 Å². The van der Waals surface area contributed by atoms with Crippen LogP contribution in [-0.4, -0.2) is 40.3 Å². The van der Waals surface area contributed by atoms with Gasteiger partial charge in [-0.2, -0.15) is 18.4 Å². The third-order valence-electron chi connectivity index (χ3n) is 5.96. The lowest BCUT2D eigenvalue weighted by Crippen LogP contribution is -2.40. The molecule has 0 fully saturated rings. The number of alkyl halides is 3. The summed E-state index contributed by atoms with van der Waals surface area (Å²) in [4.78, 5) is 38.7. The first-order valence-corrected chi connectivity index (χ1v) is 11.8. The molecule has 0 saturated carbocycles. The number of pyridine rings is 1. The first-order valence-electron chi connectivity index (χ1n) is 11.8. The minimum Gasteiger partial charge on any atom is -0.506 e. The number of esters is 1. The van der Waals surface area contributed by atoms with Gasteiger partial charge in [-0.3, -0.25) is 19.0 Å². The van der Waals surface area contributed by atoms with Gasteiger partial charge in [0.25, 0.3) is 11.5 Å². The van der Waals surface area contributed by atoms with Crippen LogP contribution in [0.4, 0.5) is 13.2 Å². The van der Waals surface area contributed by atoms with Crippen LogP contribution in [0.3, 0.4) is 0 Å². The molecule has 1 amide bonds. The van der Waals surface area contributed by atoms with E-state index in [-0.39, 0.29) is 35.2 Å². The summed E-state index contributed by atoms with van der Waals surface area (Å²) in [6, 6.07) is 8.26. The van der Waals surface area contributed by atoms with Crippen LogP contribution >= 0.6 is 0 Å². The van der Waals surface area contributed by atoms with Gasteiger partial charge in [-0.15, -0.1) is 0 Å². The molecular weight excluding hydrogens is 519 g/mol. The monoisotopic (exact) mass is 543 g/mol. The lowest BCUT2D eigenvalue weighted by molar-refractivity contribution is -0.153. The number of rotatable bonds is 5. The predicted molar refractivity (Wildman–Crippen MR) is 132 cm³/mol. The second-order valence-corrected chi connectivity index (χ2v) is 10.0. The number of aromatic hydroxyl groups is 1. The Kier molecular flexibility index (Phi) is 7.04. The van der Waals surface area contributed by atoms with Crippen LogP contribution in [0, 0.1) is 11.3 Å². The Balaban J connectivity index is 1.77. The summed E-state index contributed by atoms with van der Waals surface area (Å²) in [5.74, 6) is -2.39. The van der Waals surface area contributed by atoms with E-state index in [9.17, 15) is 37.9 Å². The van der Waals surface area contributed by atoms with E-state index >= 15 is 0 Å². The fraction of sp³-hybridized carbons (Fsp3) is 0.333. The molecule has 9 nitrogen and oxygen atoms in total. The molecule has 4 rings (SSSR count). The van der Waals surface area contributed by atoms with Crippen molar-refractivity contribution in [2.75, 3.05) is 13.2 Å². The maximum Gasteiger partial charge on any atom is 0.416 e. The number of carbonyl (C=O) groups is 2. The number of ether oxygens (including phenoxy) is 2. The van der Waals surface area contributed by atoms with Crippen LogP contribution in [0.2, 0.25) is 0 Å². The van der Waals surface area contributed by atoms with Crippen LogP contribution in [0.5, 0.6) is 11.5 Å². The highest BCUT2D eigenvalue weighted by molar-refractivity contribution is 6.04. The molecule has 0 saturated heterocycles. The van der Waals surface area contributed by atoms with Crippen LogP contribution < -0.4 is 15.6 Å². The molecule has 1 unspecified atom stereocenters. The van der Waals surface area contributed by atoms with Crippen molar-refractivity contribution in [1.82, 2.24) is 9.88 Å². The van der Waals surface area contributed by atoms with E-state index in [1.165, 1.54) is 28.8 Å². The minimum absolute atomic E-state index is 0.0109. The number of benzene rings is 2. The van der Waals surface area contributed by atoms with Crippen molar-refractivity contribution >= 4 is 22.8 Å². The zero-order valence-corrected chi connectivity index (χ0v) is 21.2. The molecule has 204 valence electrons. The Hall–Kier alpha value is -4.53. The van der Waals surface area contributed by atoms with Crippen LogP contribution in [0.15, 0.2) is 41.2 Å². The predicted octanol–water partition coefficient (Wildman–Crippen LogP) is 3.85. The molecule has 1 aliphatic heterocycles. The molecule has 12 heteroatoms. The molecule has 1 atom stereocenters. The molecule has 0 radical (unpaired) electrons. The van der Waals surface area contributed by atoms with E-state index in [2.05, 4.69) is 5.32 Å². The number of hydrogen-bond donors (Lipinski definition) is 2. The normalized spacial score (nSPS) is 14.8. The number of carbonyl (C=O) groups excluding carboxylic acids is 2. The average molecular weight is 543 g/mol. The first kappa shape index (κ1) is 27.5. The number of aromatic nitrogens is 1. The molecule has 0 aliphatic carbocycles. The SMILES string of the molecule is CC(C)(C)OC(=O)CNC(=O)c1c(O)c2cc(C#N)cc3c2n(c1=O)C(Cc1ccc(C(F)(F)F)cc1)CO3. The van der Waals surface area contributed by atoms with Crippen molar-refractivity contribution < 1.29 is 37.3 Å². The highest BCUT2D eigenvalue weighted by Gasteiger charge is 2.33.